The van der Waals surface area contributed by atoms with Crippen molar-refractivity contribution in [3.63, 3.8) is 0 Å². The third-order valence-corrected chi connectivity index (χ3v) is 5.73. The number of aliphatic hydroxyl groups excluding tert-OH is 2. The van der Waals surface area contributed by atoms with Gasteiger partial charge in [0, 0.05) is 0 Å². The summed E-state index contributed by atoms with van der Waals surface area (Å²) in [6.45, 7) is 4.25. The molecule has 0 saturated heterocycles. The Morgan fingerprint density at radius 3 is 2.72 bits per heavy atom. The number of hydrogen-bond donors (Lipinski definition) is 3. The fourth-order valence-electron chi connectivity index (χ4n) is 2.02. The van der Waals surface area contributed by atoms with Gasteiger partial charge in [0.15, 0.2) is 0 Å². The quantitative estimate of drug-likeness (QED) is 0.205. The maximum absolute atomic E-state index is 11.6. The normalized spacial score (nSPS) is 30.4. The molecular weight excluding hydrogens is 349 g/mol. The fraction of sp³-hybridized carbons (Fsp3) is 0.917. The first kappa shape index (κ1) is 16.1. The Balaban J connectivity index is 2.33. The molecule has 2 unspecified atom stereocenters. The molecule has 4 atom stereocenters. The van der Waals surface area contributed by atoms with Crippen molar-refractivity contribution in [3.05, 3.63) is 0 Å². The van der Waals surface area contributed by atoms with E-state index in [1.54, 1.807) is 0 Å². The number of esters is 1. The second-order valence-corrected chi connectivity index (χ2v) is 9.47. The Hall–Kier alpha value is 0.0800. The van der Waals surface area contributed by atoms with Gasteiger partial charge >= 0.3 is 118 Å². The molecule has 1 aliphatic rings. The summed E-state index contributed by atoms with van der Waals surface area (Å²) in [7, 11) is 0. The van der Waals surface area contributed by atoms with Gasteiger partial charge in [0.2, 0.25) is 0 Å². The van der Waals surface area contributed by atoms with Crippen LogP contribution >= 0.6 is 0 Å². The average Bonchev–Trinajstić information content (AvgIpc) is 2.29. The summed E-state index contributed by atoms with van der Waals surface area (Å²) in [6.07, 6.45) is 0.761. The number of hydrogen-bond acceptors (Lipinski definition) is 5. The standard InChI is InChI=1S/C12H23INO4/c1-7(2)13-11(14)12(17)18-6-8-4-3-5-9(15)10(8)16/h7-11,15-16H,3-6,14H2,1-2H3/q-1/t8-,9?,10-,11?/m1/s1. The van der Waals surface area contributed by atoms with Gasteiger partial charge < -0.3 is 0 Å². The van der Waals surface area contributed by atoms with Crippen molar-refractivity contribution >= 4 is 5.97 Å². The van der Waals surface area contributed by atoms with Crippen LogP contribution in [0.1, 0.15) is 33.1 Å². The molecule has 0 aromatic carbocycles. The minimum absolute atomic E-state index is 0.159. The predicted octanol–water partition coefficient (Wildman–Crippen LogP) is -3.17. The minimum atomic E-state index is -0.789. The van der Waals surface area contributed by atoms with Crippen LogP contribution in [0, 0.1) is 5.92 Å². The zero-order valence-corrected chi connectivity index (χ0v) is 13.0. The summed E-state index contributed by atoms with van der Waals surface area (Å²) in [5.74, 6) is -0.536. The van der Waals surface area contributed by atoms with Crippen LogP contribution in [-0.2, 0) is 9.53 Å². The summed E-state index contributed by atoms with van der Waals surface area (Å²) in [6, 6.07) is 0. The van der Waals surface area contributed by atoms with Crippen molar-refractivity contribution in [2.45, 2.75) is 53.3 Å². The van der Waals surface area contributed by atoms with Crippen LogP contribution in [0.2, 0.25) is 0 Å². The summed E-state index contributed by atoms with van der Waals surface area (Å²) in [5.41, 5.74) is 5.76. The number of carbonyl (C=O) groups is 1. The molecule has 6 heteroatoms. The van der Waals surface area contributed by atoms with Crippen LogP contribution in [0.15, 0.2) is 0 Å². The predicted molar refractivity (Wildman–Crippen MR) is 63.4 cm³/mol. The van der Waals surface area contributed by atoms with Crippen molar-refractivity contribution in [2.24, 2.45) is 11.7 Å². The molecule has 108 valence electrons. The average molecular weight is 372 g/mol. The molecule has 0 spiro atoms. The van der Waals surface area contributed by atoms with E-state index < -0.39 is 37.5 Å². The summed E-state index contributed by atoms with van der Waals surface area (Å²) < 4.78 is 5.12. The Morgan fingerprint density at radius 2 is 2.11 bits per heavy atom. The van der Waals surface area contributed by atoms with Gasteiger partial charge in [0.1, 0.15) is 0 Å². The number of nitrogens with two attached hydrogens (primary N) is 1. The van der Waals surface area contributed by atoms with E-state index in [4.69, 9.17) is 10.5 Å². The summed E-state index contributed by atoms with van der Waals surface area (Å²) in [4.78, 5) is 11.6. The van der Waals surface area contributed by atoms with E-state index in [1.807, 2.05) is 13.8 Å². The van der Waals surface area contributed by atoms with Gasteiger partial charge in [-0.2, -0.15) is 0 Å². The Kier molecular flexibility index (Phi) is 6.83. The van der Waals surface area contributed by atoms with Crippen molar-refractivity contribution < 1.29 is 40.9 Å². The third-order valence-electron chi connectivity index (χ3n) is 3.00. The van der Waals surface area contributed by atoms with Crippen LogP contribution in [0.3, 0.4) is 0 Å². The molecule has 5 nitrogen and oxygen atoms in total. The molecule has 0 heterocycles. The van der Waals surface area contributed by atoms with Gasteiger partial charge in [-0.15, -0.1) is 0 Å². The number of ether oxygens (including phenoxy) is 1. The molecule has 1 aliphatic carbocycles. The zero-order chi connectivity index (χ0) is 13.7. The van der Waals surface area contributed by atoms with E-state index >= 15 is 0 Å². The molecule has 0 aromatic rings. The van der Waals surface area contributed by atoms with Gasteiger partial charge in [-0.25, -0.2) is 0 Å². The molecule has 0 radical (unpaired) electrons. The van der Waals surface area contributed by atoms with E-state index in [2.05, 4.69) is 0 Å². The fourth-order valence-corrected chi connectivity index (χ4v) is 4.04. The van der Waals surface area contributed by atoms with Crippen LogP contribution < -0.4 is 26.9 Å². The number of aliphatic hydroxyl groups is 2. The second-order valence-electron chi connectivity index (χ2n) is 4.92. The molecule has 0 aliphatic heterocycles. The number of rotatable bonds is 5. The third kappa shape index (κ3) is 4.99. The molecule has 0 bridgehead atoms. The summed E-state index contributed by atoms with van der Waals surface area (Å²) >= 11 is -0.398. The zero-order valence-electron chi connectivity index (χ0n) is 10.9. The van der Waals surface area contributed by atoms with E-state index in [-0.39, 0.29) is 18.5 Å². The second kappa shape index (κ2) is 7.62. The number of carbonyl (C=O) groups excluding carboxylic acids is 1. The van der Waals surface area contributed by atoms with E-state index in [9.17, 15) is 15.0 Å². The van der Waals surface area contributed by atoms with Crippen molar-refractivity contribution in [3.8, 4) is 0 Å². The number of alkyl halides is 2. The van der Waals surface area contributed by atoms with Gasteiger partial charge in [-0.1, -0.05) is 0 Å². The molecule has 1 saturated carbocycles. The number of halogens is 1. The first-order valence-corrected chi connectivity index (χ1v) is 8.81. The van der Waals surface area contributed by atoms with Crippen molar-refractivity contribution in [2.75, 3.05) is 6.61 Å². The van der Waals surface area contributed by atoms with E-state index in [0.717, 1.165) is 12.8 Å². The van der Waals surface area contributed by atoms with E-state index in [0.29, 0.717) is 10.3 Å². The molecular formula is C12H23INO4-. The first-order valence-electron chi connectivity index (χ1n) is 6.32. The van der Waals surface area contributed by atoms with Crippen LogP contribution in [0.25, 0.3) is 0 Å². The van der Waals surface area contributed by atoms with Gasteiger partial charge in [0.05, 0.1) is 0 Å². The molecule has 1 rings (SSSR count). The molecule has 4 N–H and O–H groups in total. The maximum atomic E-state index is 11.6. The Bertz CT molecular complexity index is 275. The Labute approximate surface area is 118 Å². The van der Waals surface area contributed by atoms with Gasteiger partial charge in [0.25, 0.3) is 0 Å². The topological polar surface area (TPSA) is 92.8 Å². The molecule has 0 amide bonds. The van der Waals surface area contributed by atoms with Gasteiger partial charge in [-0.05, 0) is 0 Å². The van der Waals surface area contributed by atoms with Crippen molar-refractivity contribution in [1.29, 1.82) is 0 Å². The van der Waals surface area contributed by atoms with Crippen LogP contribution in [-0.4, -0.2) is 43.0 Å². The van der Waals surface area contributed by atoms with E-state index in [1.165, 1.54) is 0 Å². The SMILES string of the molecule is CC(C)[I-]C(N)C(=O)OC[C@H]1CCCC(O)[C@@H]1O. The van der Waals surface area contributed by atoms with Crippen LogP contribution in [0.4, 0.5) is 0 Å². The monoisotopic (exact) mass is 372 g/mol. The molecule has 0 aromatic heterocycles. The summed E-state index contributed by atoms with van der Waals surface area (Å²) in [5, 5.41) is 19.3. The van der Waals surface area contributed by atoms with Crippen LogP contribution in [0.5, 0.6) is 0 Å². The first-order chi connectivity index (χ1) is 8.41. The van der Waals surface area contributed by atoms with Crippen molar-refractivity contribution in [1.82, 2.24) is 0 Å². The molecule has 18 heavy (non-hydrogen) atoms. The van der Waals surface area contributed by atoms with Gasteiger partial charge in [-0.3, -0.25) is 0 Å². The Morgan fingerprint density at radius 1 is 1.44 bits per heavy atom. The molecule has 1 fully saturated rings.